The number of nitrogens with one attached hydrogen (secondary N) is 1. The summed E-state index contributed by atoms with van der Waals surface area (Å²) in [6, 6.07) is 14.6. The van der Waals surface area contributed by atoms with E-state index in [1.807, 2.05) is 31.2 Å². The van der Waals surface area contributed by atoms with Gasteiger partial charge in [-0.3, -0.25) is 9.59 Å². The Morgan fingerprint density at radius 1 is 1.22 bits per heavy atom. The molecule has 4 rings (SSSR count). The van der Waals surface area contributed by atoms with Gasteiger partial charge in [0.05, 0.1) is 0 Å². The zero-order valence-corrected chi connectivity index (χ0v) is 19.2. The van der Waals surface area contributed by atoms with Crippen LogP contribution in [0, 0.1) is 6.92 Å². The van der Waals surface area contributed by atoms with Crippen molar-refractivity contribution in [2.75, 3.05) is 25.0 Å². The third-order valence-corrected chi connectivity index (χ3v) is 6.51. The summed E-state index contributed by atoms with van der Waals surface area (Å²) >= 11 is 7.23. The quantitative estimate of drug-likeness (QED) is 0.571. The number of hydrogen-bond acceptors (Lipinski definition) is 6. The van der Waals surface area contributed by atoms with E-state index >= 15 is 0 Å². The van der Waals surface area contributed by atoms with E-state index in [2.05, 4.69) is 15.5 Å². The molecule has 9 heteroatoms. The van der Waals surface area contributed by atoms with Crippen molar-refractivity contribution in [2.45, 2.75) is 25.7 Å². The summed E-state index contributed by atoms with van der Waals surface area (Å²) in [5, 5.41) is 12.7. The SMILES string of the molecule is Cc1cccc(OCC(=O)N2CCC[C@@H](c3nnc(C(=O)Nc4cccc(Cl)c4)s3)C2)c1. The zero-order chi connectivity index (χ0) is 22.5. The van der Waals surface area contributed by atoms with Crippen LogP contribution in [0.3, 0.4) is 0 Å². The fourth-order valence-electron chi connectivity index (χ4n) is 3.59. The third kappa shape index (κ3) is 5.63. The predicted molar refractivity (Wildman–Crippen MR) is 125 cm³/mol. The summed E-state index contributed by atoms with van der Waals surface area (Å²) in [7, 11) is 0. The molecule has 0 unspecified atom stereocenters. The van der Waals surface area contributed by atoms with Gasteiger partial charge in [0.2, 0.25) is 5.01 Å². The number of rotatable bonds is 6. The maximum absolute atomic E-state index is 12.7. The van der Waals surface area contributed by atoms with Crippen LogP contribution >= 0.6 is 22.9 Å². The summed E-state index contributed by atoms with van der Waals surface area (Å²) in [5.74, 6) is 0.356. The number of hydrogen-bond donors (Lipinski definition) is 1. The van der Waals surface area contributed by atoms with Crippen LogP contribution < -0.4 is 10.1 Å². The number of aromatic nitrogens is 2. The molecule has 32 heavy (non-hydrogen) atoms. The topological polar surface area (TPSA) is 84.4 Å². The molecule has 0 aliphatic carbocycles. The van der Waals surface area contributed by atoms with Crippen molar-refractivity contribution in [2.24, 2.45) is 0 Å². The number of halogens is 1. The maximum Gasteiger partial charge on any atom is 0.286 e. The lowest BCUT2D eigenvalue weighted by atomic mass is 9.99. The van der Waals surface area contributed by atoms with Gasteiger partial charge in [0.15, 0.2) is 6.61 Å². The predicted octanol–water partition coefficient (Wildman–Crippen LogP) is 4.54. The molecule has 166 valence electrons. The first-order valence-corrected chi connectivity index (χ1v) is 11.5. The van der Waals surface area contributed by atoms with Crippen molar-refractivity contribution >= 4 is 40.4 Å². The van der Waals surface area contributed by atoms with Crippen LogP contribution in [0.4, 0.5) is 5.69 Å². The van der Waals surface area contributed by atoms with Gasteiger partial charge >= 0.3 is 0 Å². The van der Waals surface area contributed by atoms with E-state index in [0.717, 1.165) is 23.4 Å². The van der Waals surface area contributed by atoms with Crippen LogP contribution in [0.15, 0.2) is 48.5 Å². The summed E-state index contributed by atoms with van der Waals surface area (Å²) in [6.45, 7) is 3.21. The first kappa shape index (κ1) is 22.2. The Morgan fingerprint density at radius 2 is 2.06 bits per heavy atom. The highest BCUT2D eigenvalue weighted by Crippen LogP contribution is 2.29. The third-order valence-electron chi connectivity index (χ3n) is 5.19. The molecule has 1 aromatic heterocycles. The average molecular weight is 471 g/mol. The highest BCUT2D eigenvalue weighted by atomic mass is 35.5. The summed E-state index contributed by atoms with van der Waals surface area (Å²) < 4.78 is 5.66. The normalized spacial score (nSPS) is 15.9. The van der Waals surface area contributed by atoms with Crippen LogP contribution in [0.2, 0.25) is 5.02 Å². The molecule has 2 amide bonds. The van der Waals surface area contributed by atoms with Crippen molar-refractivity contribution in [3.63, 3.8) is 0 Å². The molecule has 1 saturated heterocycles. The zero-order valence-electron chi connectivity index (χ0n) is 17.6. The van der Waals surface area contributed by atoms with Crippen LogP contribution in [-0.2, 0) is 4.79 Å². The van der Waals surface area contributed by atoms with Crippen molar-refractivity contribution in [3.05, 3.63) is 69.1 Å². The summed E-state index contributed by atoms with van der Waals surface area (Å²) in [4.78, 5) is 27.0. The summed E-state index contributed by atoms with van der Waals surface area (Å²) in [6.07, 6.45) is 1.76. The van der Waals surface area contributed by atoms with E-state index in [9.17, 15) is 9.59 Å². The van der Waals surface area contributed by atoms with Crippen LogP contribution in [0.25, 0.3) is 0 Å². The molecule has 0 spiro atoms. The van der Waals surface area contributed by atoms with Gasteiger partial charge in [0.25, 0.3) is 11.8 Å². The van der Waals surface area contributed by atoms with Gasteiger partial charge in [-0.05, 0) is 55.7 Å². The van der Waals surface area contributed by atoms with Crippen LogP contribution in [-0.4, -0.2) is 46.6 Å². The van der Waals surface area contributed by atoms with Gasteiger partial charge in [-0.1, -0.05) is 41.1 Å². The molecular formula is C23H23ClN4O3S. The van der Waals surface area contributed by atoms with E-state index < -0.39 is 0 Å². The fraction of sp³-hybridized carbons (Fsp3) is 0.304. The Hall–Kier alpha value is -2.97. The molecule has 1 N–H and O–H groups in total. The molecule has 1 fully saturated rings. The monoisotopic (exact) mass is 470 g/mol. The molecule has 7 nitrogen and oxygen atoms in total. The number of anilines is 1. The molecule has 1 aliphatic heterocycles. The Kier molecular flexibility index (Phi) is 7.02. The first-order valence-electron chi connectivity index (χ1n) is 10.4. The van der Waals surface area contributed by atoms with Crippen molar-refractivity contribution in [1.82, 2.24) is 15.1 Å². The lowest BCUT2D eigenvalue weighted by molar-refractivity contribution is -0.134. The number of amides is 2. The van der Waals surface area contributed by atoms with E-state index in [-0.39, 0.29) is 29.3 Å². The van der Waals surface area contributed by atoms with Crippen molar-refractivity contribution in [3.8, 4) is 5.75 Å². The summed E-state index contributed by atoms with van der Waals surface area (Å²) in [5.41, 5.74) is 1.68. The Bertz CT molecular complexity index is 1120. The minimum absolute atomic E-state index is 0.000413. The molecule has 0 saturated carbocycles. The maximum atomic E-state index is 12.7. The molecule has 2 heterocycles. The van der Waals surface area contributed by atoms with Gasteiger partial charge in [-0.2, -0.15) is 0 Å². The lowest BCUT2D eigenvalue weighted by Crippen LogP contribution is -2.41. The van der Waals surface area contributed by atoms with E-state index in [1.165, 1.54) is 11.3 Å². The number of likely N-dealkylation sites (tertiary alicyclic amines) is 1. The number of benzene rings is 2. The molecule has 1 aliphatic rings. The number of ether oxygens (including phenoxy) is 1. The molecule has 0 radical (unpaired) electrons. The van der Waals surface area contributed by atoms with Crippen molar-refractivity contribution in [1.29, 1.82) is 0 Å². The smallest absolute Gasteiger partial charge is 0.286 e. The highest BCUT2D eigenvalue weighted by Gasteiger charge is 2.28. The standard InChI is InChI=1S/C23H23ClN4O3S/c1-15-5-2-9-19(11-15)31-14-20(29)28-10-4-6-16(13-28)22-26-27-23(32-22)21(30)25-18-8-3-7-17(24)12-18/h2-3,5,7-9,11-12,16H,4,6,10,13-14H2,1H3,(H,25,30)/t16-/m1/s1. The second kappa shape index (κ2) is 10.1. The molecule has 3 aromatic rings. The molecular weight excluding hydrogens is 448 g/mol. The minimum Gasteiger partial charge on any atom is -0.484 e. The second-order valence-electron chi connectivity index (χ2n) is 7.69. The number of nitrogens with zero attached hydrogens (tertiary/aromatic N) is 3. The Balaban J connectivity index is 1.34. The first-order chi connectivity index (χ1) is 15.5. The Labute approximate surface area is 195 Å². The van der Waals surface area contributed by atoms with Gasteiger partial charge in [0, 0.05) is 29.7 Å². The lowest BCUT2D eigenvalue weighted by Gasteiger charge is -2.31. The number of carbonyl (C=O) groups excluding carboxylic acids is 2. The number of carbonyl (C=O) groups is 2. The molecule has 2 aromatic carbocycles. The highest BCUT2D eigenvalue weighted by molar-refractivity contribution is 7.13. The minimum atomic E-state index is -0.327. The van der Waals surface area contributed by atoms with Crippen LogP contribution in [0.1, 0.15) is 39.1 Å². The largest absolute Gasteiger partial charge is 0.484 e. The van der Waals surface area contributed by atoms with Gasteiger partial charge < -0.3 is 15.0 Å². The number of aryl methyl sites for hydroxylation is 1. The van der Waals surface area contributed by atoms with Gasteiger partial charge in [0.1, 0.15) is 10.8 Å². The van der Waals surface area contributed by atoms with E-state index in [0.29, 0.717) is 29.5 Å². The second-order valence-corrected chi connectivity index (χ2v) is 9.14. The molecule has 0 bridgehead atoms. The van der Waals surface area contributed by atoms with Gasteiger partial charge in [-0.25, -0.2) is 0 Å². The Morgan fingerprint density at radius 3 is 2.88 bits per heavy atom. The number of piperidine rings is 1. The van der Waals surface area contributed by atoms with Crippen LogP contribution in [0.5, 0.6) is 5.75 Å². The van der Waals surface area contributed by atoms with E-state index in [1.54, 1.807) is 29.2 Å². The molecule has 1 atom stereocenters. The fourth-order valence-corrected chi connectivity index (χ4v) is 4.64. The van der Waals surface area contributed by atoms with E-state index in [4.69, 9.17) is 16.3 Å². The van der Waals surface area contributed by atoms with Crippen molar-refractivity contribution < 1.29 is 14.3 Å². The van der Waals surface area contributed by atoms with Gasteiger partial charge in [-0.15, -0.1) is 10.2 Å². The average Bonchev–Trinajstić information content (AvgIpc) is 3.28.